The van der Waals surface area contributed by atoms with Gasteiger partial charge in [-0.2, -0.15) is 0 Å². The lowest BCUT2D eigenvalue weighted by molar-refractivity contribution is -0.148. The van der Waals surface area contributed by atoms with Crippen LogP contribution >= 0.6 is 23.1 Å². The molecule has 9 heteroatoms. The predicted octanol–water partition coefficient (Wildman–Crippen LogP) is 2.70. The molecule has 0 aliphatic heterocycles. The first-order valence-corrected chi connectivity index (χ1v) is 8.65. The van der Waals surface area contributed by atoms with Crippen LogP contribution in [-0.2, 0) is 16.1 Å². The SMILES string of the molecule is COc1ccc(C(=O)N[C@H](C(=O)OCc2nnsc2Cl)C(C)C)cc1. The maximum absolute atomic E-state index is 12.3. The molecule has 0 saturated carbocycles. The van der Waals surface area contributed by atoms with Crippen molar-refractivity contribution in [2.45, 2.75) is 26.5 Å². The largest absolute Gasteiger partial charge is 0.497 e. The van der Waals surface area contributed by atoms with E-state index in [-0.39, 0.29) is 18.4 Å². The molecule has 1 atom stereocenters. The summed E-state index contributed by atoms with van der Waals surface area (Å²) < 4.78 is 14.3. The molecule has 0 spiro atoms. The second-order valence-corrected chi connectivity index (χ2v) is 6.88. The normalized spacial score (nSPS) is 11.9. The van der Waals surface area contributed by atoms with Gasteiger partial charge in [-0.15, -0.1) is 5.10 Å². The number of rotatable bonds is 7. The molecule has 1 amide bonds. The highest BCUT2D eigenvalue weighted by atomic mass is 35.5. The number of methoxy groups -OCH3 is 1. The molecular formula is C16H18ClN3O4S. The highest BCUT2D eigenvalue weighted by molar-refractivity contribution is 7.10. The van der Waals surface area contributed by atoms with Gasteiger partial charge in [-0.25, -0.2) is 4.79 Å². The minimum Gasteiger partial charge on any atom is -0.497 e. The number of halogens is 1. The fraction of sp³-hybridized carbons (Fsp3) is 0.375. The van der Waals surface area contributed by atoms with E-state index in [1.165, 1.54) is 0 Å². The molecule has 1 heterocycles. The highest BCUT2D eigenvalue weighted by Gasteiger charge is 2.26. The van der Waals surface area contributed by atoms with Gasteiger partial charge in [0, 0.05) is 17.1 Å². The number of hydrogen-bond acceptors (Lipinski definition) is 7. The van der Waals surface area contributed by atoms with E-state index in [1.54, 1.807) is 31.4 Å². The Morgan fingerprint density at radius 3 is 2.48 bits per heavy atom. The summed E-state index contributed by atoms with van der Waals surface area (Å²) in [5, 5.41) is 6.47. The van der Waals surface area contributed by atoms with E-state index in [1.807, 2.05) is 13.8 Å². The van der Waals surface area contributed by atoms with Crippen molar-refractivity contribution in [3.8, 4) is 5.75 Å². The molecule has 134 valence electrons. The number of amides is 1. The minimum absolute atomic E-state index is 0.0875. The summed E-state index contributed by atoms with van der Waals surface area (Å²) in [5.41, 5.74) is 0.815. The van der Waals surface area contributed by atoms with Gasteiger partial charge in [-0.1, -0.05) is 29.9 Å². The zero-order chi connectivity index (χ0) is 18.4. The van der Waals surface area contributed by atoms with Gasteiger partial charge in [0.2, 0.25) is 0 Å². The number of carbonyl (C=O) groups is 2. The Morgan fingerprint density at radius 1 is 1.28 bits per heavy atom. The van der Waals surface area contributed by atoms with E-state index in [2.05, 4.69) is 14.9 Å². The summed E-state index contributed by atoms with van der Waals surface area (Å²) in [4.78, 5) is 24.7. The van der Waals surface area contributed by atoms with Crippen LogP contribution in [0.15, 0.2) is 24.3 Å². The Labute approximate surface area is 154 Å². The zero-order valence-electron chi connectivity index (χ0n) is 14.0. The third-order valence-corrected chi connectivity index (χ3v) is 4.40. The maximum atomic E-state index is 12.3. The molecule has 1 aromatic carbocycles. The lowest BCUT2D eigenvalue weighted by atomic mass is 10.0. The second-order valence-electron chi connectivity index (χ2n) is 5.52. The van der Waals surface area contributed by atoms with Crippen LogP contribution in [0.2, 0.25) is 4.34 Å². The Hall–Kier alpha value is -2.19. The van der Waals surface area contributed by atoms with Gasteiger partial charge in [0.15, 0.2) is 0 Å². The summed E-state index contributed by atoms with van der Waals surface area (Å²) in [6, 6.07) is 5.80. The van der Waals surface area contributed by atoms with Gasteiger partial charge in [-0.05, 0) is 30.2 Å². The highest BCUT2D eigenvalue weighted by Crippen LogP contribution is 2.18. The number of aromatic nitrogens is 2. The van der Waals surface area contributed by atoms with Crippen LogP contribution in [0.1, 0.15) is 29.9 Å². The monoisotopic (exact) mass is 383 g/mol. The molecule has 2 aromatic rings. The van der Waals surface area contributed by atoms with Crippen molar-refractivity contribution in [3.05, 3.63) is 39.9 Å². The van der Waals surface area contributed by atoms with E-state index >= 15 is 0 Å². The van der Waals surface area contributed by atoms with Gasteiger partial charge >= 0.3 is 5.97 Å². The standard InChI is InChI=1S/C16H18ClN3O4S/c1-9(2)13(16(22)24-8-12-14(17)25-20-19-12)18-15(21)10-4-6-11(23-3)7-5-10/h4-7,9,13H,8H2,1-3H3,(H,18,21)/t13-/m0/s1. The van der Waals surface area contributed by atoms with Crippen molar-refractivity contribution in [2.75, 3.05) is 7.11 Å². The van der Waals surface area contributed by atoms with Crippen molar-refractivity contribution >= 4 is 35.0 Å². The molecule has 0 unspecified atom stereocenters. The first-order valence-electron chi connectivity index (χ1n) is 7.50. The van der Waals surface area contributed by atoms with Crippen molar-refractivity contribution in [3.63, 3.8) is 0 Å². The molecule has 1 aromatic heterocycles. The zero-order valence-corrected chi connectivity index (χ0v) is 15.6. The van der Waals surface area contributed by atoms with Crippen molar-refractivity contribution < 1.29 is 19.1 Å². The minimum atomic E-state index is -0.792. The second kappa shape index (κ2) is 8.77. The van der Waals surface area contributed by atoms with E-state index in [0.717, 1.165) is 11.5 Å². The summed E-state index contributed by atoms with van der Waals surface area (Å²) >= 11 is 6.89. The Morgan fingerprint density at radius 2 is 1.96 bits per heavy atom. The van der Waals surface area contributed by atoms with E-state index < -0.39 is 12.0 Å². The van der Waals surface area contributed by atoms with Crippen LogP contribution in [0.3, 0.4) is 0 Å². The molecule has 0 saturated heterocycles. The summed E-state index contributed by atoms with van der Waals surface area (Å²) in [6.07, 6.45) is 0. The van der Waals surface area contributed by atoms with Gasteiger partial charge in [0.05, 0.1) is 7.11 Å². The van der Waals surface area contributed by atoms with Gasteiger partial charge in [0.25, 0.3) is 5.91 Å². The van der Waals surface area contributed by atoms with E-state index in [9.17, 15) is 9.59 Å². The fourth-order valence-electron chi connectivity index (χ4n) is 1.98. The molecule has 0 fully saturated rings. The Kier molecular flexibility index (Phi) is 6.72. The molecule has 0 aliphatic carbocycles. The lowest BCUT2D eigenvalue weighted by Crippen LogP contribution is -2.45. The van der Waals surface area contributed by atoms with Gasteiger partial charge < -0.3 is 14.8 Å². The number of nitrogens with one attached hydrogen (secondary N) is 1. The fourth-order valence-corrected chi connectivity index (χ4v) is 2.58. The summed E-state index contributed by atoms with van der Waals surface area (Å²) in [6.45, 7) is 3.55. The number of hydrogen-bond donors (Lipinski definition) is 1. The van der Waals surface area contributed by atoms with E-state index in [0.29, 0.717) is 21.3 Å². The van der Waals surface area contributed by atoms with Crippen LogP contribution in [0, 0.1) is 5.92 Å². The quantitative estimate of drug-likeness (QED) is 0.739. The first kappa shape index (κ1) is 19.1. The molecule has 7 nitrogen and oxygen atoms in total. The lowest BCUT2D eigenvalue weighted by Gasteiger charge is -2.20. The van der Waals surface area contributed by atoms with Crippen LogP contribution < -0.4 is 10.1 Å². The first-order chi connectivity index (χ1) is 11.9. The van der Waals surface area contributed by atoms with Crippen LogP contribution in [0.5, 0.6) is 5.75 Å². The summed E-state index contributed by atoms with van der Waals surface area (Å²) in [7, 11) is 1.55. The predicted molar refractivity (Wildman–Crippen MR) is 93.8 cm³/mol. The molecular weight excluding hydrogens is 366 g/mol. The van der Waals surface area contributed by atoms with Crippen LogP contribution in [-0.4, -0.2) is 34.6 Å². The average Bonchev–Trinajstić information content (AvgIpc) is 3.02. The van der Waals surface area contributed by atoms with Crippen molar-refractivity contribution in [2.24, 2.45) is 5.92 Å². The van der Waals surface area contributed by atoms with Gasteiger partial charge in [-0.3, -0.25) is 4.79 Å². The third kappa shape index (κ3) is 5.14. The molecule has 25 heavy (non-hydrogen) atoms. The number of nitrogens with zero attached hydrogens (tertiary/aromatic N) is 2. The third-order valence-electron chi connectivity index (χ3n) is 3.42. The molecule has 0 bridgehead atoms. The topological polar surface area (TPSA) is 90.4 Å². The van der Waals surface area contributed by atoms with Crippen molar-refractivity contribution in [1.82, 2.24) is 14.9 Å². The molecule has 0 aliphatic rings. The smallest absolute Gasteiger partial charge is 0.329 e. The molecule has 0 radical (unpaired) electrons. The van der Waals surface area contributed by atoms with Crippen LogP contribution in [0.4, 0.5) is 0 Å². The average molecular weight is 384 g/mol. The van der Waals surface area contributed by atoms with Crippen LogP contribution in [0.25, 0.3) is 0 Å². The maximum Gasteiger partial charge on any atom is 0.329 e. The molecule has 2 rings (SSSR count). The van der Waals surface area contributed by atoms with Crippen molar-refractivity contribution in [1.29, 1.82) is 0 Å². The van der Waals surface area contributed by atoms with Gasteiger partial charge in [0.1, 0.15) is 28.4 Å². The number of ether oxygens (including phenoxy) is 2. The molecule has 1 N–H and O–H groups in total. The summed E-state index contributed by atoms with van der Waals surface area (Å²) in [5.74, 6) is -0.434. The number of carbonyl (C=O) groups excluding carboxylic acids is 2. The number of esters is 1. The van der Waals surface area contributed by atoms with E-state index in [4.69, 9.17) is 21.1 Å². The Bertz CT molecular complexity index is 733. The Balaban J connectivity index is 2.00. The number of benzene rings is 1.